The van der Waals surface area contributed by atoms with E-state index in [9.17, 15) is 9.59 Å². The van der Waals surface area contributed by atoms with Gasteiger partial charge in [-0.15, -0.1) is 0 Å². The Kier molecular flexibility index (Phi) is 5.82. The minimum absolute atomic E-state index is 0.0928. The fraction of sp³-hybridized carbons (Fsp3) is 0.190. The summed E-state index contributed by atoms with van der Waals surface area (Å²) in [6, 6.07) is 10.3. The Hall–Kier alpha value is -3.81. The van der Waals surface area contributed by atoms with Gasteiger partial charge in [-0.3, -0.25) is 4.79 Å². The van der Waals surface area contributed by atoms with Gasteiger partial charge >= 0.3 is 11.9 Å². The van der Waals surface area contributed by atoms with Gasteiger partial charge in [0.1, 0.15) is 5.75 Å². The number of hydrogen-bond donors (Lipinski definition) is 0. The zero-order valence-electron chi connectivity index (χ0n) is 16.3. The first kappa shape index (κ1) is 19.9. The van der Waals surface area contributed by atoms with Crippen LogP contribution >= 0.6 is 0 Å². The Balaban J connectivity index is 2.02. The molecule has 0 N–H and O–H groups in total. The van der Waals surface area contributed by atoms with Gasteiger partial charge in [-0.2, -0.15) is 0 Å². The number of carbonyl (C=O) groups excluding carboxylic acids is 2. The lowest BCUT2D eigenvalue weighted by Gasteiger charge is -2.13. The molecule has 0 aliphatic carbocycles. The van der Waals surface area contributed by atoms with Gasteiger partial charge < -0.3 is 23.7 Å². The highest BCUT2D eigenvalue weighted by Gasteiger charge is 2.26. The van der Waals surface area contributed by atoms with Crippen molar-refractivity contribution in [2.75, 3.05) is 21.3 Å². The first-order chi connectivity index (χ1) is 14.0. The van der Waals surface area contributed by atoms with E-state index in [0.717, 1.165) is 0 Å². The fourth-order valence-corrected chi connectivity index (χ4v) is 2.73. The van der Waals surface area contributed by atoms with Crippen LogP contribution in [0.25, 0.3) is 6.08 Å². The lowest BCUT2D eigenvalue weighted by molar-refractivity contribution is -0.132. The molecule has 0 fully saturated rings. The summed E-state index contributed by atoms with van der Waals surface area (Å²) in [4.78, 5) is 27.9. The smallest absolute Gasteiger partial charge is 0.363 e. The molecular formula is C21H19NO7. The van der Waals surface area contributed by atoms with Crippen molar-refractivity contribution in [3.63, 3.8) is 0 Å². The maximum Gasteiger partial charge on any atom is 0.363 e. The number of benzene rings is 2. The normalized spacial score (nSPS) is 14.3. The molecule has 1 aliphatic rings. The van der Waals surface area contributed by atoms with Crippen LogP contribution in [0.5, 0.6) is 23.0 Å². The van der Waals surface area contributed by atoms with Gasteiger partial charge in [0.25, 0.3) is 0 Å². The Morgan fingerprint density at radius 1 is 1.00 bits per heavy atom. The Morgan fingerprint density at radius 2 is 1.62 bits per heavy atom. The topological polar surface area (TPSA) is 92.6 Å². The molecule has 8 nitrogen and oxygen atoms in total. The maximum absolute atomic E-state index is 12.3. The second-order valence-corrected chi connectivity index (χ2v) is 5.88. The van der Waals surface area contributed by atoms with Crippen LogP contribution in [0, 0.1) is 0 Å². The molecule has 2 aromatic rings. The highest BCUT2D eigenvalue weighted by Crippen LogP contribution is 2.39. The van der Waals surface area contributed by atoms with Crippen molar-refractivity contribution in [1.82, 2.24) is 0 Å². The molecule has 1 aliphatic heterocycles. The summed E-state index contributed by atoms with van der Waals surface area (Å²) in [5.74, 6) is 0.254. The second-order valence-electron chi connectivity index (χ2n) is 5.88. The number of nitrogens with zero attached hydrogens (tertiary/aromatic N) is 1. The number of ether oxygens (including phenoxy) is 5. The van der Waals surface area contributed by atoms with Gasteiger partial charge in [0.05, 0.1) is 26.9 Å². The average molecular weight is 397 g/mol. The average Bonchev–Trinajstić information content (AvgIpc) is 3.08. The van der Waals surface area contributed by atoms with E-state index < -0.39 is 11.9 Å². The van der Waals surface area contributed by atoms with Crippen molar-refractivity contribution in [2.24, 2.45) is 4.99 Å². The van der Waals surface area contributed by atoms with E-state index in [1.165, 1.54) is 34.3 Å². The molecule has 1 heterocycles. The largest absolute Gasteiger partial charge is 0.496 e. The van der Waals surface area contributed by atoms with Crippen LogP contribution < -0.4 is 18.9 Å². The van der Waals surface area contributed by atoms with E-state index in [1.54, 1.807) is 36.4 Å². The van der Waals surface area contributed by atoms with Crippen LogP contribution in [0.3, 0.4) is 0 Å². The molecule has 0 radical (unpaired) electrons. The number of cyclic esters (lactones) is 1. The number of esters is 2. The monoisotopic (exact) mass is 397 g/mol. The summed E-state index contributed by atoms with van der Waals surface area (Å²) in [6.07, 6.45) is 1.52. The third-order valence-corrected chi connectivity index (χ3v) is 3.99. The van der Waals surface area contributed by atoms with Gasteiger partial charge in [-0.25, -0.2) is 9.79 Å². The van der Waals surface area contributed by atoms with E-state index in [2.05, 4.69) is 4.99 Å². The predicted octanol–water partition coefficient (Wildman–Crippen LogP) is 2.98. The molecule has 8 heteroatoms. The maximum atomic E-state index is 12.3. The summed E-state index contributed by atoms with van der Waals surface area (Å²) < 4.78 is 26.3. The summed E-state index contributed by atoms with van der Waals surface area (Å²) in [5.41, 5.74) is 1.20. The molecule has 150 valence electrons. The fourth-order valence-electron chi connectivity index (χ4n) is 2.73. The minimum atomic E-state index is -0.604. The number of aliphatic imine (C=N–C) groups is 1. The van der Waals surface area contributed by atoms with Gasteiger partial charge in [0, 0.05) is 6.92 Å². The number of carbonyl (C=O) groups is 2. The standard InChI is InChI=1S/C21H19NO7/c1-12(23)28-19-17(26-3)10-13(11-18(19)27-4)9-15-21(24)29-20(22-15)14-7-5-6-8-16(14)25-2/h5-11H,1-4H3/b15-9-. The van der Waals surface area contributed by atoms with Crippen LogP contribution in [0.15, 0.2) is 47.1 Å². The molecule has 3 rings (SSSR count). The molecule has 0 spiro atoms. The second kappa shape index (κ2) is 8.47. The third-order valence-electron chi connectivity index (χ3n) is 3.99. The van der Waals surface area contributed by atoms with Crippen molar-refractivity contribution in [1.29, 1.82) is 0 Å². The summed E-state index contributed by atoms with van der Waals surface area (Å²) in [6.45, 7) is 1.28. The Labute approximate surface area is 167 Å². The zero-order chi connectivity index (χ0) is 21.0. The molecule has 0 atom stereocenters. The molecule has 0 amide bonds. The third kappa shape index (κ3) is 4.21. The van der Waals surface area contributed by atoms with Crippen molar-refractivity contribution >= 4 is 23.9 Å². The van der Waals surface area contributed by atoms with E-state index in [1.807, 2.05) is 0 Å². The molecule has 29 heavy (non-hydrogen) atoms. The molecule has 0 bridgehead atoms. The van der Waals surface area contributed by atoms with Crippen LogP contribution in [0.1, 0.15) is 18.1 Å². The van der Waals surface area contributed by atoms with Crippen LogP contribution in [0.2, 0.25) is 0 Å². The SMILES string of the molecule is COc1ccccc1C1=N/C(=C\c2cc(OC)c(OC(C)=O)c(OC)c2)C(=O)O1. The van der Waals surface area contributed by atoms with Crippen molar-refractivity contribution in [2.45, 2.75) is 6.92 Å². The van der Waals surface area contributed by atoms with Crippen molar-refractivity contribution < 1.29 is 33.3 Å². The van der Waals surface area contributed by atoms with E-state index in [-0.39, 0.29) is 28.8 Å². The van der Waals surface area contributed by atoms with E-state index >= 15 is 0 Å². The molecule has 0 saturated heterocycles. The highest BCUT2D eigenvalue weighted by atomic mass is 16.6. The van der Waals surface area contributed by atoms with Crippen molar-refractivity contribution in [3.05, 3.63) is 53.2 Å². The van der Waals surface area contributed by atoms with Crippen LogP contribution in [0.4, 0.5) is 0 Å². The first-order valence-corrected chi connectivity index (χ1v) is 8.57. The summed E-state index contributed by atoms with van der Waals surface area (Å²) >= 11 is 0. The molecule has 0 saturated carbocycles. The summed E-state index contributed by atoms with van der Waals surface area (Å²) in [5, 5.41) is 0. The van der Waals surface area contributed by atoms with Gasteiger partial charge in [-0.1, -0.05) is 12.1 Å². The van der Waals surface area contributed by atoms with Crippen LogP contribution in [-0.2, 0) is 14.3 Å². The van der Waals surface area contributed by atoms with Gasteiger partial charge in [0.2, 0.25) is 11.6 Å². The van der Waals surface area contributed by atoms with Gasteiger partial charge in [0.15, 0.2) is 17.2 Å². The summed E-state index contributed by atoms with van der Waals surface area (Å²) in [7, 11) is 4.39. The minimum Gasteiger partial charge on any atom is -0.496 e. The lowest BCUT2D eigenvalue weighted by atomic mass is 10.1. The molecule has 0 unspecified atom stereocenters. The number of methoxy groups -OCH3 is 3. The quantitative estimate of drug-likeness (QED) is 0.420. The van der Waals surface area contributed by atoms with Crippen molar-refractivity contribution in [3.8, 4) is 23.0 Å². The number of rotatable bonds is 6. The number of hydrogen-bond acceptors (Lipinski definition) is 8. The first-order valence-electron chi connectivity index (χ1n) is 8.57. The molecule has 2 aromatic carbocycles. The zero-order valence-corrected chi connectivity index (χ0v) is 16.3. The molecule has 0 aromatic heterocycles. The van der Waals surface area contributed by atoms with E-state index in [0.29, 0.717) is 16.9 Å². The highest BCUT2D eigenvalue weighted by molar-refractivity contribution is 6.13. The Morgan fingerprint density at radius 3 is 2.21 bits per heavy atom. The number of para-hydroxylation sites is 1. The Bertz CT molecular complexity index is 998. The predicted molar refractivity (Wildman–Crippen MR) is 104 cm³/mol. The molecular weight excluding hydrogens is 378 g/mol. The van der Waals surface area contributed by atoms with Gasteiger partial charge in [-0.05, 0) is 35.9 Å². The lowest BCUT2D eigenvalue weighted by Crippen LogP contribution is -2.07. The van der Waals surface area contributed by atoms with E-state index in [4.69, 9.17) is 23.7 Å². The van der Waals surface area contributed by atoms with Crippen LogP contribution in [-0.4, -0.2) is 39.2 Å².